The Morgan fingerprint density at radius 2 is 1.66 bits per heavy atom. The Hall–Kier alpha value is -3.36. The van der Waals surface area contributed by atoms with E-state index in [2.05, 4.69) is 9.88 Å². The fraction of sp³-hybridized carbons (Fsp3) is 0.400. The normalized spacial score (nSPS) is 14.6. The summed E-state index contributed by atoms with van der Waals surface area (Å²) in [5.41, 5.74) is 0.752. The van der Waals surface area contributed by atoms with E-state index in [1.54, 1.807) is 7.05 Å². The summed E-state index contributed by atoms with van der Waals surface area (Å²) < 4.78 is 4.36. The third-order valence-electron chi connectivity index (χ3n) is 5.51. The number of hydrogen-bond acceptors (Lipinski definition) is 5. The Morgan fingerprint density at radius 1 is 1.00 bits per heavy atom. The van der Waals surface area contributed by atoms with E-state index in [1.165, 1.54) is 11.6 Å². The van der Waals surface area contributed by atoms with Crippen molar-refractivity contribution in [2.75, 3.05) is 31.1 Å². The highest BCUT2D eigenvalue weighted by Gasteiger charge is 2.27. The van der Waals surface area contributed by atoms with Gasteiger partial charge in [0, 0.05) is 52.4 Å². The molecule has 1 aliphatic heterocycles. The first-order valence-corrected chi connectivity index (χ1v) is 9.69. The van der Waals surface area contributed by atoms with Gasteiger partial charge in [-0.25, -0.2) is 4.79 Å². The third kappa shape index (κ3) is 3.02. The van der Waals surface area contributed by atoms with Crippen LogP contribution in [0.3, 0.4) is 0 Å². The van der Waals surface area contributed by atoms with Crippen molar-refractivity contribution in [3.05, 3.63) is 56.7 Å². The van der Waals surface area contributed by atoms with Gasteiger partial charge in [0.15, 0.2) is 11.2 Å². The van der Waals surface area contributed by atoms with Crippen LogP contribution in [0.15, 0.2) is 39.9 Å². The molecule has 0 saturated carbocycles. The highest BCUT2D eigenvalue weighted by molar-refractivity contribution is 5.94. The van der Waals surface area contributed by atoms with Crippen molar-refractivity contribution in [2.45, 2.75) is 13.5 Å². The molecule has 4 rings (SSSR count). The summed E-state index contributed by atoms with van der Waals surface area (Å²) in [5.74, 6) is 0.679. The predicted octanol–water partition coefficient (Wildman–Crippen LogP) is 0.416. The summed E-state index contributed by atoms with van der Waals surface area (Å²) in [4.78, 5) is 46.2. The van der Waals surface area contributed by atoms with E-state index in [4.69, 9.17) is 0 Å². The van der Waals surface area contributed by atoms with Gasteiger partial charge in [0.2, 0.25) is 5.95 Å². The molecule has 0 radical (unpaired) electrons. The minimum Gasteiger partial charge on any atom is -0.339 e. The molecule has 9 nitrogen and oxygen atoms in total. The number of aryl methyl sites for hydroxylation is 2. The Labute approximate surface area is 167 Å². The Morgan fingerprint density at radius 3 is 2.28 bits per heavy atom. The molecule has 0 bridgehead atoms. The number of aromatic nitrogens is 4. The minimum atomic E-state index is -0.395. The van der Waals surface area contributed by atoms with Gasteiger partial charge in [0.1, 0.15) is 0 Å². The summed E-state index contributed by atoms with van der Waals surface area (Å²) >= 11 is 0. The number of nitrogens with zero attached hydrogens (tertiary/aromatic N) is 6. The van der Waals surface area contributed by atoms with E-state index >= 15 is 0 Å². The summed E-state index contributed by atoms with van der Waals surface area (Å²) in [6.07, 6.45) is 0. The van der Waals surface area contributed by atoms with E-state index in [0.717, 1.165) is 4.57 Å². The zero-order valence-electron chi connectivity index (χ0n) is 16.8. The highest BCUT2D eigenvalue weighted by Crippen LogP contribution is 2.21. The van der Waals surface area contributed by atoms with Crippen molar-refractivity contribution in [3.63, 3.8) is 0 Å². The first-order valence-electron chi connectivity index (χ1n) is 9.69. The molecule has 29 heavy (non-hydrogen) atoms. The standard InChI is InChI=1S/C20H24N6O3/c1-4-26-15-16(22(2)20(29)23(3)18(15)28)21-19(26)25-12-10-24(11-13-25)17(27)14-8-6-5-7-9-14/h5-9H,4,10-13H2,1-3H3. The maximum Gasteiger partial charge on any atom is 0.332 e. The molecule has 9 heteroatoms. The van der Waals surface area contributed by atoms with Crippen molar-refractivity contribution < 1.29 is 4.79 Å². The van der Waals surface area contributed by atoms with Gasteiger partial charge in [-0.2, -0.15) is 4.98 Å². The number of anilines is 1. The van der Waals surface area contributed by atoms with Crippen molar-refractivity contribution >= 4 is 23.0 Å². The highest BCUT2D eigenvalue weighted by atomic mass is 16.2. The van der Waals surface area contributed by atoms with Gasteiger partial charge < -0.3 is 14.4 Å². The summed E-state index contributed by atoms with van der Waals surface area (Å²) in [7, 11) is 3.10. The number of rotatable bonds is 3. The van der Waals surface area contributed by atoms with Crippen LogP contribution >= 0.6 is 0 Å². The lowest BCUT2D eigenvalue weighted by molar-refractivity contribution is 0.0746. The van der Waals surface area contributed by atoms with Crippen LogP contribution in [0.2, 0.25) is 0 Å². The molecule has 1 fully saturated rings. The summed E-state index contributed by atoms with van der Waals surface area (Å²) in [5, 5.41) is 0. The average molecular weight is 396 g/mol. The number of imidazole rings is 1. The van der Waals surface area contributed by atoms with Crippen molar-refractivity contribution in [2.24, 2.45) is 14.1 Å². The van der Waals surface area contributed by atoms with Gasteiger partial charge in [0.05, 0.1) is 0 Å². The van der Waals surface area contributed by atoms with Crippen LogP contribution in [0.25, 0.3) is 11.2 Å². The lowest BCUT2D eigenvalue weighted by atomic mass is 10.2. The van der Waals surface area contributed by atoms with Crippen LogP contribution in [0.1, 0.15) is 17.3 Å². The molecule has 0 unspecified atom stereocenters. The number of carbonyl (C=O) groups is 1. The molecule has 152 valence electrons. The zero-order valence-corrected chi connectivity index (χ0v) is 16.8. The van der Waals surface area contributed by atoms with Crippen LogP contribution in [-0.4, -0.2) is 55.7 Å². The predicted molar refractivity (Wildman–Crippen MR) is 110 cm³/mol. The molecular formula is C20H24N6O3. The molecule has 0 atom stereocenters. The van der Waals surface area contributed by atoms with Gasteiger partial charge in [-0.1, -0.05) is 18.2 Å². The van der Waals surface area contributed by atoms with E-state index in [-0.39, 0.29) is 11.5 Å². The van der Waals surface area contributed by atoms with Crippen LogP contribution in [0, 0.1) is 0 Å². The quantitative estimate of drug-likeness (QED) is 0.640. The van der Waals surface area contributed by atoms with Gasteiger partial charge in [-0.3, -0.25) is 18.7 Å². The first-order chi connectivity index (χ1) is 13.9. The van der Waals surface area contributed by atoms with Crippen LogP contribution < -0.4 is 16.1 Å². The van der Waals surface area contributed by atoms with Gasteiger partial charge in [0.25, 0.3) is 11.5 Å². The molecule has 0 N–H and O–H groups in total. The third-order valence-corrected chi connectivity index (χ3v) is 5.51. The van der Waals surface area contributed by atoms with Crippen molar-refractivity contribution in [1.29, 1.82) is 0 Å². The van der Waals surface area contributed by atoms with Crippen molar-refractivity contribution in [1.82, 2.24) is 23.6 Å². The molecule has 3 heterocycles. The van der Waals surface area contributed by atoms with Crippen LogP contribution in [0.4, 0.5) is 5.95 Å². The maximum atomic E-state index is 12.7. The first kappa shape index (κ1) is 19.0. The zero-order chi connectivity index (χ0) is 20.7. The van der Waals surface area contributed by atoms with Gasteiger partial charge in [-0.05, 0) is 19.1 Å². The molecular weight excluding hydrogens is 372 g/mol. The number of amides is 1. The second kappa shape index (κ2) is 7.23. The van der Waals surface area contributed by atoms with Crippen molar-refractivity contribution in [3.8, 4) is 0 Å². The molecule has 2 aromatic heterocycles. The largest absolute Gasteiger partial charge is 0.339 e. The second-order valence-electron chi connectivity index (χ2n) is 7.18. The number of carbonyl (C=O) groups excluding carboxylic acids is 1. The molecule has 1 aromatic carbocycles. The molecule has 0 spiro atoms. The van der Waals surface area contributed by atoms with Crippen LogP contribution in [0.5, 0.6) is 0 Å². The van der Waals surface area contributed by atoms with Gasteiger partial charge >= 0.3 is 5.69 Å². The lowest BCUT2D eigenvalue weighted by Gasteiger charge is -2.35. The molecule has 1 saturated heterocycles. The molecule has 3 aromatic rings. The number of benzene rings is 1. The number of piperazine rings is 1. The fourth-order valence-corrected chi connectivity index (χ4v) is 3.85. The SMILES string of the molecule is CCn1c(N2CCN(C(=O)c3ccccc3)CC2)nc2c1c(=O)n(C)c(=O)n2C. The van der Waals surface area contributed by atoms with E-state index in [0.29, 0.717) is 55.4 Å². The maximum absolute atomic E-state index is 12.7. The molecule has 1 aliphatic rings. The van der Waals surface area contributed by atoms with Gasteiger partial charge in [-0.15, -0.1) is 0 Å². The minimum absolute atomic E-state index is 0.0190. The molecule has 1 amide bonds. The topological polar surface area (TPSA) is 85.4 Å². The summed E-state index contributed by atoms with van der Waals surface area (Å²) in [6, 6.07) is 9.25. The molecule has 0 aliphatic carbocycles. The van der Waals surface area contributed by atoms with Crippen LogP contribution in [-0.2, 0) is 20.6 Å². The average Bonchev–Trinajstić information content (AvgIpc) is 3.16. The second-order valence-corrected chi connectivity index (χ2v) is 7.18. The Balaban J connectivity index is 1.64. The van der Waals surface area contributed by atoms with E-state index in [9.17, 15) is 14.4 Å². The Kier molecular flexibility index (Phi) is 4.73. The fourth-order valence-electron chi connectivity index (χ4n) is 3.85. The smallest absolute Gasteiger partial charge is 0.332 e. The van der Waals surface area contributed by atoms with E-state index < -0.39 is 5.69 Å². The van der Waals surface area contributed by atoms with E-state index in [1.807, 2.05) is 46.7 Å². The Bertz CT molecular complexity index is 1180. The number of hydrogen-bond donors (Lipinski definition) is 0. The lowest BCUT2D eigenvalue weighted by Crippen LogP contribution is -2.49. The number of fused-ring (bicyclic) bond motifs is 1. The monoisotopic (exact) mass is 396 g/mol. The summed E-state index contributed by atoms with van der Waals surface area (Å²) in [6.45, 7) is 4.86.